The van der Waals surface area contributed by atoms with Gasteiger partial charge in [0.1, 0.15) is 0 Å². The number of fused-ring (bicyclic) bond motifs is 1. The first-order chi connectivity index (χ1) is 7.88. The average Bonchev–Trinajstić information content (AvgIpc) is 2.23. The van der Waals surface area contributed by atoms with Gasteiger partial charge < -0.3 is 10.4 Å². The Morgan fingerprint density at radius 3 is 2.47 bits per heavy atom. The van der Waals surface area contributed by atoms with Gasteiger partial charge in [-0.1, -0.05) is 12.1 Å². The van der Waals surface area contributed by atoms with E-state index >= 15 is 0 Å². The smallest absolute Gasteiger partial charge is 0.313 e. The van der Waals surface area contributed by atoms with Crippen LogP contribution >= 0.6 is 0 Å². The Labute approximate surface area is 98.1 Å². The Balaban J connectivity index is 2.73. The van der Waals surface area contributed by atoms with Crippen LogP contribution in [-0.4, -0.2) is 15.2 Å². The van der Waals surface area contributed by atoms with E-state index in [2.05, 4.69) is 10.4 Å². The normalized spacial score (nSPS) is 11.7. The van der Waals surface area contributed by atoms with Crippen LogP contribution in [0.5, 0.6) is 0 Å². The molecule has 2 rings (SSSR count). The Morgan fingerprint density at radius 2 is 1.82 bits per heavy atom. The molecular formula is C12H15N3O2. The minimum atomic E-state index is -0.455. The van der Waals surface area contributed by atoms with Crippen LogP contribution in [0.25, 0.3) is 10.9 Å². The Bertz CT molecular complexity index is 662. The molecule has 0 aliphatic carbocycles. The highest BCUT2D eigenvalue weighted by Crippen LogP contribution is 2.04. The monoisotopic (exact) mass is 233 g/mol. The fraction of sp³-hybridized carbons (Fsp3) is 0.333. The lowest BCUT2D eigenvalue weighted by atomic mass is 10.1. The van der Waals surface area contributed by atoms with E-state index in [0.717, 1.165) is 4.68 Å². The van der Waals surface area contributed by atoms with Crippen molar-refractivity contribution in [2.45, 2.75) is 26.3 Å². The molecular weight excluding hydrogens is 218 g/mol. The summed E-state index contributed by atoms with van der Waals surface area (Å²) in [6.45, 7) is 5.65. The van der Waals surface area contributed by atoms with Crippen LogP contribution in [0.4, 0.5) is 0 Å². The van der Waals surface area contributed by atoms with Crippen molar-refractivity contribution in [3.8, 4) is 0 Å². The van der Waals surface area contributed by atoms with Crippen molar-refractivity contribution in [2.24, 2.45) is 0 Å². The Morgan fingerprint density at radius 1 is 1.18 bits per heavy atom. The molecule has 0 bridgehead atoms. The van der Waals surface area contributed by atoms with Crippen molar-refractivity contribution in [3.05, 3.63) is 45.1 Å². The molecule has 0 amide bonds. The lowest BCUT2D eigenvalue weighted by Gasteiger charge is -2.22. The molecule has 0 saturated carbocycles. The molecule has 0 fully saturated rings. The minimum Gasteiger partial charge on any atom is -0.313 e. The molecule has 0 unspecified atom stereocenters. The van der Waals surface area contributed by atoms with Gasteiger partial charge in [-0.15, -0.1) is 0 Å². The van der Waals surface area contributed by atoms with Crippen molar-refractivity contribution in [2.75, 3.05) is 5.43 Å². The molecule has 0 saturated heterocycles. The molecule has 0 spiro atoms. The lowest BCUT2D eigenvalue weighted by Crippen LogP contribution is -2.48. The van der Waals surface area contributed by atoms with Crippen LogP contribution in [0.2, 0.25) is 0 Å². The number of benzene rings is 1. The van der Waals surface area contributed by atoms with Crippen LogP contribution in [0.1, 0.15) is 20.8 Å². The van der Waals surface area contributed by atoms with E-state index < -0.39 is 5.69 Å². The number of aromatic nitrogens is 2. The van der Waals surface area contributed by atoms with Crippen LogP contribution in [0.15, 0.2) is 33.9 Å². The SMILES string of the molecule is CC(C)(C)Nn1c(=O)[nH]c2ccccc2c1=O. The second kappa shape index (κ2) is 3.76. The first kappa shape index (κ1) is 11.4. The van der Waals surface area contributed by atoms with Crippen molar-refractivity contribution < 1.29 is 0 Å². The summed E-state index contributed by atoms with van der Waals surface area (Å²) < 4.78 is 1.02. The second-order valence-corrected chi connectivity index (χ2v) is 4.98. The highest BCUT2D eigenvalue weighted by atomic mass is 16.2. The highest BCUT2D eigenvalue weighted by Gasteiger charge is 2.13. The summed E-state index contributed by atoms with van der Waals surface area (Å²) in [7, 11) is 0. The van der Waals surface area contributed by atoms with E-state index in [4.69, 9.17) is 0 Å². The van der Waals surface area contributed by atoms with Crippen molar-refractivity contribution in [1.29, 1.82) is 0 Å². The standard InChI is InChI=1S/C12H15N3O2/c1-12(2,3)14-15-10(16)8-6-4-5-7-9(8)13-11(15)17/h4-7,14H,1-3H3,(H,13,17). The molecule has 0 radical (unpaired) electrons. The van der Waals surface area contributed by atoms with Crippen molar-refractivity contribution in [3.63, 3.8) is 0 Å². The number of nitrogens with zero attached hydrogens (tertiary/aromatic N) is 1. The Hall–Kier alpha value is -2.04. The molecule has 0 atom stereocenters. The fourth-order valence-corrected chi connectivity index (χ4v) is 1.60. The fourth-order valence-electron chi connectivity index (χ4n) is 1.60. The largest absolute Gasteiger partial charge is 0.347 e. The zero-order valence-corrected chi connectivity index (χ0v) is 10.1. The maximum absolute atomic E-state index is 12.1. The third kappa shape index (κ3) is 2.22. The summed E-state index contributed by atoms with van der Waals surface area (Å²) >= 11 is 0. The summed E-state index contributed by atoms with van der Waals surface area (Å²) in [5, 5.41) is 0.490. The van der Waals surface area contributed by atoms with Gasteiger partial charge in [-0.3, -0.25) is 4.79 Å². The molecule has 2 N–H and O–H groups in total. The van der Waals surface area contributed by atoms with Gasteiger partial charge in [0, 0.05) is 5.54 Å². The number of rotatable bonds is 1. The van der Waals surface area contributed by atoms with Gasteiger partial charge in [-0.05, 0) is 32.9 Å². The predicted octanol–water partition coefficient (Wildman–Crippen LogP) is 1.03. The van der Waals surface area contributed by atoms with Gasteiger partial charge in [0.15, 0.2) is 0 Å². The summed E-state index contributed by atoms with van der Waals surface area (Å²) in [5.41, 5.74) is 2.27. The number of nitrogens with one attached hydrogen (secondary N) is 2. The van der Waals surface area contributed by atoms with Crippen LogP contribution < -0.4 is 16.7 Å². The third-order valence-electron chi connectivity index (χ3n) is 2.25. The van der Waals surface area contributed by atoms with E-state index in [0.29, 0.717) is 10.9 Å². The number of H-pyrrole nitrogens is 1. The minimum absolute atomic E-state index is 0.334. The zero-order valence-electron chi connectivity index (χ0n) is 10.1. The van der Waals surface area contributed by atoms with Crippen LogP contribution in [0.3, 0.4) is 0 Å². The van der Waals surface area contributed by atoms with Crippen molar-refractivity contribution in [1.82, 2.24) is 9.66 Å². The molecule has 17 heavy (non-hydrogen) atoms. The van der Waals surface area contributed by atoms with E-state index in [1.54, 1.807) is 24.3 Å². The quantitative estimate of drug-likeness (QED) is 0.773. The van der Waals surface area contributed by atoms with Crippen molar-refractivity contribution >= 4 is 10.9 Å². The van der Waals surface area contributed by atoms with E-state index in [1.807, 2.05) is 20.8 Å². The zero-order chi connectivity index (χ0) is 12.6. The first-order valence-electron chi connectivity index (χ1n) is 5.41. The van der Waals surface area contributed by atoms with Gasteiger partial charge in [-0.2, -0.15) is 4.68 Å². The maximum atomic E-state index is 12.1. The number of para-hydroxylation sites is 1. The molecule has 1 aromatic heterocycles. The van der Waals surface area contributed by atoms with Gasteiger partial charge in [-0.25, -0.2) is 4.79 Å². The Kier molecular flexibility index (Phi) is 2.53. The van der Waals surface area contributed by atoms with Gasteiger partial charge >= 0.3 is 5.69 Å². The lowest BCUT2D eigenvalue weighted by molar-refractivity contribution is 0.535. The molecule has 5 nitrogen and oxygen atoms in total. The second-order valence-electron chi connectivity index (χ2n) is 4.98. The van der Waals surface area contributed by atoms with E-state index in [9.17, 15) is 9.59 Å². The van der Waals surface area contributed by atoms with Gasteiger partial charge in [0.05, 0.1) is 10.9 Å². The molecule has 0 aliphatic rings. The maximum Gasteiger partial charge on any atom is 0.347 e. The van der Waals surface area contributed by atoms with E-state index in [-0.39, 0.29) is 11.1 Å². The first-order valence-corrected chi connectivity index (χ1v) is 5.41. The number of hydrogen-bond acceptors (Lipinski definition) is 3. The molecule has 2 aromatic rings. The third-order valence-corrected chi connectivity index (χ3v) is 2.25. The summed E-state index contributed by atoms with van der Waals surface area (Å²) in [6.07, 6.45) is 0. The number of aromatic amines is 1. The molecule has 5 heteroatoms. The van der Waals surface area contributed by atoms with Gasteiger partial charge in [0.2, 0.25) is 0 Å². The topological polar surface area (TPSA) is 66.9 Å². The average molecular weight is 233 g/mol. The van der Waals surface area contributed by atoms with Crippen LogP contribution in [0, 0.1) is 0 Å². The summed E-state index contributed by atoms with van der Waals surface area (Å²) in [4.78, 5) is 26.6. The molecule has 1 heterocycles. The van der Waals surface area contributed by atoms with E-state index in [1.165, 1.54) is 0 Å². The summed E-state index contributed by atoms with van der Waals surface area (Å²) in [6, 6.07) is 6.94. The molecule has 90 valence electrons. The molecule has 0 aliphatic heterocycles. The highest BCUT2D eigenvalue weighted by molar-refractivity contribution is 5.76. The van der Waals surface area contributed by atoms with Crippen LogP contribution in [-0.2, 0) is 0 Å². The predicted molar refractivity (Wildman–Crippen MR) is 67.9 cm³/mol. The molecule has 1 aromatic carbocycles. The number of hydrogen-bond donors (Lipinski definition) is 2. The van der Waals surface area contributed by atoms with Gasteiger partial charge in [0.25, 0.3) is 5.56 Å². The summed E-state index contributed by atoms with van der Waals surface area (Å²) in [5.74, 6) is 0.